The first kappa shape index (κ1) is 11.3. The Morgan fingerprint density at radius 1 is 1.31 bits per heavy atom. The molecule has 0 aromatic carbocycles. The third-order valence-electron chi connectivity index (χ3n) is 2.25. The summed E-state index contributed by atoms with van der Waals surface area (Å²) in [4.78, 5) is 0. The Morgan fingerprint density at radius 2 is 2.08 bits per heavy atom. The van der Waals surface area contributed by atoms with Crippen molar-refractivity contribution < 1.29 is 4.74 Å². The minimum atomic E-state index is 0.756. The highest BCUT2D eigenvalue weighted by Crippen LogP contribution is 2.16. The van der Waals surface area contributed by atoms with Gasteiger partial charge in [-0.05, 0) is 30.8 Å². The molecular weight excluding hydrogens is 182 g/mol. The molecule has 1 rings (SSSR count). The lowest BCUT2D eigenvalue weighted by Crippen LogP contribution is -2.34. The molecule has 78 valence electrons. The molecule has 1 N–H and O–H groups in total. The van der Waals surface area contributed by atoms with E-state index in [9.17, 15) is 0 Å². The van der Waals surface area contributed by atoms with Crippen LogP contribution in [0.2, 0.25) is 0 Å². The van der Waals surface area contributed by atoms with Gasteiger partial charge in [-0.25, -0.2) is 0 Å². The van der Waals surface area contributed by atoms with E-state index in [4.69, 9.17) is 4.74 Å². The van der Waals surface area contributed by atoms with Gasteiger partial charge in [-0.1, -0.05) is 6.92 Å². The maximum Gasteiger partial charge on any atom is 0.0590 e. The molecule has 2 nitrogen and oxygen atoms in total. The van der Waals surface area contributed by atoms with Gasteiger partial charge in [0, 0.05) is 19.2 Å². The van der Waals surface area contributed by atoms with E-state index in [1.165, 1.54) is 24.3 Å². The van der Waals surface area contributed by atoms with E-state index in [0.29, 0.717) is 0 Å². The number of hydrogen-bond donors (Lipinski definition) is 1. The zero-order chi connectivity index (χ0) is 9.36. The summed E-state index contributed by atoms with van der Waals surface area (Å²) in [6.45, 7) is 4.95. The molecular formula is C10H21NOS. The van der Waals surface area contributed by atoms with Crippen LogP contribution in [0.25, 0.3) is 0 Å². The van der Waals surface area contributed by atoms with E-state index >= 15 is 0 Å². The van der Waals surface area contributed by atoms with Crippen LogP contribution in [0.5, 0.6) is 0 Å². The maximum atomic E-state index is 5.41. The van der Waals surface area contributed by atoms with E-state index < -0.39 is 0 Å². The topological polar surface area (TPSA) is 21.3 Å². The predicted molar refractivity (Wildman–Crippen MR) is 59.5 cm³/mol. The Bertz CT molecular complexity index is 115. The molecule has 0 amide bonds. The van der Waals surface area contributed by atoms with Crippen LogP contribution < -0.4 is 5.32 Å². The Balaban J connectivity index is 1.86. The molecule has 0 aliphatic carbocycles. The fourth-order valence-electron chi connectivity index (χ4n) is 1.48. The highest BCUT2D eigenvalue weighted by Gasteiger charge is 2.11. The van der Waals surface area contributed by atoms with Crippen molar-refractivity contribution in [3.05, 3.63) is 0 Å². The first-order valence-electron chi connectivity index (χ1n) is 5.32. The normalized spacial score (nSPS) is 19.2. The molecule has 0 spiro atoms. The number of thioether (sulfide) groups is 1. The SMILES string of the molecule is CCCOCCNC1CCSCC1. The molecule has 0 aromatic heterocycles. The second-order valence-corrected chi connectivity index (χ2v) is 4.68. The van der Waals surface area contributed by atoms with E-state index in [2.05, 4.69) is 24.0 Å². The van der Waals surface area contributed by atoms with Crippen LogP contribution in [-0.2, 0) is 4.74 Å². The van der Waals surface area contributed by atoms with Crippen molar-refractivity contribution in [3.63, 3.8) is 0 Å². The number of ether oxygens (including phenoxy) is 1. The second-order valence-electron chi connectivity index (χ2n) is 3.45. The number of nitrogens with one attached hydrogen (secondary N) is 1. The summed E-state index contributed by atoms with van der Waals surface area (Å²) in [6, 6.07) is 0.756. The first-order valence-corrected chi connectivity index (χ1v) is 6.48. The lowest BCUT2D eigenvalue weighted by atomic mass is 10.1. The van der Waals surface area contributed by atoms with Crippen molar-refractivity contribution in [1.82, 2.24) is 5.32 Å². The number of hydrogen-bond acceptors (Lipinski definition) is 3. The van der Waals surface area contributed by atoms with Gasteiger partial charge in [0.1, 0.15) is 0 Å². The van der Waals surface area contributed by atoms with Crippen molar-refractivity contribution in [2.75, 3.05) is 31.3 Å². The molecule has 3 heteroatoms. The Morgan fingerprint density at radius 3 is 2.77 bits per heavy atom. The highest BCUT2D eigenvalue weighted by molar-refractivity contribution is 7.99. The average Bonchev–Trinajstić information content (AvgIpc) is 2.19. The molecule has 0 saturated carbocycles. The summed E-state index contributed by atoms with van der Waals surface area (Å²) < 4.78 is 5.41. The average molecular weight is 203 g/mol. The third kappa shape index (κ3) is 5.55. The Hall–Kier alpha value is 0.270. The van der Waals surface area contributed by atoms with Gasteiger partial charge >= 0.3 is 0 Å². The Kier molecular flexibility index (Phi) is 6.68. The van der Waals surface area contributed by atoms with E-state index in [-0.39, 0.29) is 0 Å². The first-order chi connectivity index (χ1) is 6.43. The molecule has 1 fully saturated rings. The van der Waals surface area contributed by atoms with Crippen LogP contribution in [0.15, 0.2) is 0 Å². The summed E-state index contributed by atoms with van der Waals surface area (Å²) in [7, 11) is 0. The molecule has 13 heavy (non-hydrogen) atoms. The van der Waals surface area contributed by atoms with Crippen LogP contribution in [-0.4, -0.2) is 37.3 Å². The van der Waals surface area contributed by atoms with Crippen LogP contribution in [0.1, 0.15) is 26.2 Å². The minimum Gasteiger partial charge on any atom is -0.380 e. The van der Waals surface area contributed by atoms with E-state index in [0.717, 1.165) is 32.2 Å². The molecule has 1 saturated heterocycles. The third-order valence-corrected chi connectivity index (χ3v) is 3.30. The summed E-state index contributed by atoms with van der Waals surface area (Å²) in [5.74, 6) is 2.65. The largest absolute Gasteiger partial charge is 0.380 e. The maximum absolute atomic E-state index is 5.41. The molecule has 0 radical (unpaired) electrons. The smallest absolute Gasteiger partial charge is 0.0590 e. The van der Waals surface area contributed by atoms with Crippen LogP contribution >= 0.6 is 11.8 Å². The van der Waals surface area contributed by atoms with Gasteiger partial charge in [0.2, 0.25) is 0 Å². The fourth-order valence-corrected chi connectivity index (χ4v) is 2.59. The minimum absolute atomic E-state index is 0.756. The van der Waals surface area contributed by atoms with Gasteiger partial charge in [0.05, 0.1) is 6.61 Å². The Labute approximate surface area is 85.8 Å². The summed E-state index contributed by atoms with van der Waals surface area (Å²) in [5, 5.41) is 3.54. The molecule has 1 aliphatic heterocycles. The van der Waals surface area contributed by atoms with E-state index in [1.54, 1.807) is 0 Å². The fraction of sp³-hybridized carbons (Fsp3) is 1.00. The van der Waals surface area contributed by atoms with Crippen molar-refractivity contribution >= 4 is 11.8 Å². The van der Waals surface area contributed by atoms with E-state index in [1.807, 2.05) is 0 Å². The van der Waals surface area contributed by atoms with Crippen LogP contribution in [0.4, 0.5) is 0 Å². The molecule has 0 atom stereocenters. The molecule has 1 aliphatic rings. The number of rotatable bonds is 6. The molecule has 0 bridgehead atoms. The van der Waals surface area contributed by atoms with Gasteiger partial charge in [0.15, 0.2) is 0 Å². The molecule has 1 heterocycles. The van der Waals surface area contributed by atoms with Gasteiger partial charge in [-0.15, -0.1) is 0 Å². The van der Waals surface area contributed by atoms with Gasteiger partial charge in [0.25, 0.3) is 0 Å². The predicted octanol–water partition coefficient (Wildman–Crippen LogP) is 1.90. The lowest BCUT2D eigenvalue weighted by molar-refractivity contribution is 0.134. The highest BCUT2D eigenvalue weighted by atomic mass is 32.2. The molecule has 0 unspecified atom stereocenters. The van der Waals surface area contributed by atoms with Crippen molar-refractivity contribution in [2.45, 2.75) is 32.2 Å². The zero-order valence-corrected chi connectivity index (χ0v) is 9.37. The summed E-state index contributed by atoms with van der Waals surface area (Å²) in [6.07, 6.45) is 3.79. The zero-order valence-electron chi connectivity index (χ0n) is 8.55. The van der Waals surface area contributed by atoms with Crippen LogP contribution in [0.3, 0.4) is 0 Å². The van der Waals surface area contributed by atoms with Gasteiger partial charge in [-0.2, -0.15) is 11.8 Å². The van der Waals surface area contributed by atoms with Gasteiger partial charge < -0.3 is 10.1 Å². The standard InChI is InChI=1S/C10H21NOS/c1-2-6-12-7-5-11-10-3-8-13-9-4-10/h10-11H,2-9H2,1H3. The second kappa shape index (κ2) is 7.65. The van der Waals surface area contributed by atoms with Gasteiger partial charge in [-0.3, -0.25) is 0 Å². The van der Waals surface area contributed by atoms with Crippen molar-refractivity contribution in [3.8, 4) is 0 Å². The van der Waals surface area contributed by atoms with Crippen molar-refractivity contribution in [1.29, 1.82) is 0 Å². The quantitative estimate of drug-likeness (QED) is 0.666. The summed E-state index contributed by atoms with van der Waals surface area (Å²) >= 11 is 2.07. The summed E-state index contributed by atoms with van der Waals surface area (Å²) in [5.41, 5.74) is 0. The van der Waals surface area contributed by atoms with Crippen molar-refractivity contribution in [2.24, 2.45) is 0 Å². The molecule has 0 aromatic rings. The monoisotopic (exact) mass is 203 g/mol. The van der Waals surface area contributed by atoms with Crippen LogP contribution in [0, 0.1) is 0 Å². The lowest BCUT2D eigenvalue weighted by Gasteiger charge is -2.22.